The highest BCUT2D eigenvalue weighted by Crippen LogP contribution is 2.18. The van der Waals surface area contributed by atoms with Crippen LogP contribution < -0.4 is 10.9 Å². The maximum atomic E-state index is 12.4. The van der Waals surface area contributed by atoms with Crippen molar-refractivity contribution in [3.63, 3.8) is 0 Å². The zero-order valence-electron chi connectivity index (χ0n) is 13.5. The molecule has 1 aliphatic rings. The van der Waals surface area contributed by atoms with Crippen LogP contribution in [0.4, 0.5) is 5.95 Å². The Hall–Kier alpha value is -2.57. The van der Waals surface area contributed by atoms with E-state index in [1.54, 1.807) is 13.0 Å². The summed E-state index contributed by atoms with van der Waals surface area (Å²) in [7, 11) is 0. The van der Waals surface area contributed by atoms with Gasteiger partial charge in [0.1, 0.15) is 6.04 Å². The molecule has 1 atom stereocenters. The van der Waals surface area contributed by atoms with Gasteiger partial charge in [0.15, 0.2) is 0 Å². The molecule has 0 spiro atoms. The van der Waals surface area contributed by atoms with Crippen LogP contribution in [0.2, 0.25) is 0 Å². The topological polar surface area (TPSA) is 89.8 Å². The second-order valence-electron chi connectivity index (χ2n) is 5.89. The number of fused-ring (bicyclic) bond motifs is 1. The summed E-state index contributed by atoms with van der Waals surface area (Å²) < 4.78 is 1.24. The number of aromatic nitrogens is 4. The van der Waals surface area contributed by atoms with Gasteiger partial charge < -0.3 is 0 Å². The molecule has 23 heavy (non-hydrogen) atoms. The van der Waals surface area contributed by atoms with Crippen LogP contribution in [0.15, 0.2) is 16.9 Å². The predicted molar refractivity (Wildman–Crippen MR) is 85.4 cm³/mol. The fourth-order valence-electron chi connectivity index (χ4n) is 2.80. The number of amides is 1. The van der Waals surface area contributed by atoms with E-state index >= 15 is 0 Å². The molecular formula is C16H19N5O2. The lowest BCUT2D eigenvalue weighted by Crippen LogP contribution is -2.34. The van der Waals surface area contributed by atoms with E-state index in [2.05, 4.69) is 20.4 Å². The van der Waals surface area contributed by atoms with E-state index in [1.165, 1.54) is 4.68 Å². The Morgan fingerprint density at radius 2 is 1.91 bits per heavy atom. The molecule has 7 heteroatoms. The minimum atomic E-state index is -0.724. The molecule has 1 aliphatic carbocycles. The van der Waals surface area contributed by atoms with Crippen LogP contribution >= 0.6 is 0 Å². The molecule has 7 nitrogen and oxygen atoms in total. The van der Waals surface area contributed by atoms with Crippen LogP contribution in [0, 0.1) is 13.8 Å². The van der Waals surface area contributed by atoms with Crippen molar-refractivity contribution in [2.45, 2.75) is 46.1 Å². The van der Waals surface area contributed by atoms with Crippen molar-refractivity contribution in [3.05, 3.63) is 45.1 Å². The van der Waals surface area contributed by atoms with E-state index in [0.29, 0.717) is 0 Å². The van der Waals surface area contributed by atoms with E-state index in [-0.39, 0.29) is 17.4 Å². The van der Waals surface area contributed by atoms with E-state index in [1.807, 2.05) is 19.9 Å². The molecule has 120 valence electrons. The van der Waals surface area contributed by atoms with Crippen molar-refractivity contribution in [1.29, 1.82) is 0 Å². The average molecular weight is 313 g/mol. The fourth-order valence-corrected chi connectivity index (χ4v) is 2.80. The lowest BCUT2D eigenvalue weighted by atomic mass is 10.2. The van der Waals surface area contributed by atoms with Gasteiger partial charge in [-0.25, -0.2) is 14.6 Å². The summed E-state index contributed by atoms with van der Waals surface area (Å²) in [4.78, 5) is 32.9. The van der Waals surface area contributed by atoms with Gasteiger partial charge >= 0.3 is 0 Å². The van der Waals surface area contributed by atoms with Crippen molar-refractivity contribution in [1.82, 2.24) is 19.7 Å². The summed E-state index contributed by atoms with van der Waals surface area (Å²) in [6.07, 6.45) is 2.74. The number of rotatable bonds is 3. The Kier molecular flexibility index (Phi) is 3.94. The SMILES string of the molecule is Cc1cc(C)nc(NC(=O)C(C)n2nc3c(cc2=O)CCC3)n1. The minimum Gasteiger partial charge on any atom is -0.293 e. The summed E-state index contributed by atoms with van der Waals surface area (Å²) in [5.41, 5.74) is 3.19. The summed E-state index contributed by atoms with van der Waals surface area (Å²) in [5.74, 6) is -0.115. The van der Waals surface area contributed by atoms with Crippen molar-refractivity contribution >= 4 is 11.9 Å². The van der Waals surface area contributed by atoms with Gasteiger partial charge in [0.05, 0.1) is 5.69 Å². The monoisotopic (exact) mass is 313 g/mol. The van der Waals surface area contributed by atoms with Crippen LogP contribution in [-0.2, 0) is 17.6 Å². The van der Waals surface area contributed by atoms with Crippen LogP contribution in [0.25, 0.3) is 0 Å². The van der Waals surface area contributed by atoms with Gasteiger partial charge in [0.25, 0.3) is 11.5 Å². The molecule has 2 aromatic heterocycles. The van der Waals surface area contributed by atoms with Crippen LogP contribution in [0.1, 0.15) is 42.0 Å². The minimum absolute atomic E-state index is 0.244. The maximum Gasteiger partial charge on any atom is 0.267 e. The van der Waals surface area contributed by atoms with Gasteiger partial charge in [-0.15, -0.1) is 0 Å². The van der Waals surface area contributed by atoms with Crippen molar-refractivity contribution in [3.8, 4) is 0 Å². The van der Waals surface area contributed by atoms with Crippen molar-refractivity contribution in [2.75, 3.05) is 5.32 Å². The number of nitrogens with one attached hydrogen (secondary N) is 1. The van der Waals surface area contributed by atoms with Gasteiger partial charge in [0.2, 0.25) is 5.95 Å². The van der Waals surface area contributed by atoms with Gasteiger partial charge in [0, 0.05) is 17.5 Å². The molecule has 0 saturated heterocycles. The van der Waals surface area contributed by atoms with Crippen LogP contribution in [-0.4, -0.2) is 25.7 Å². The average Bonchev–Trinajstić information content (AvgIpc) is 2.91. The molecule has 0 bridgehead atoms. The number of aryl methyl sites for hydroxylation is 4. The molecule has 0 aromatic carbocycles. The van der Waals surface area contributed by atoms with E-state index in [4.69, 9.17) is 0 Å². The van der Waals surface area contributed by atoms with E-state index in [9.17, 15) is 9.59 Å². The third-order valence-electron chi connectivity index (χ3n) is 3.95. The van der Waals surface area contributed by atoms with Gasteiger partial charge in [-0.3, -0.25) is 14.9 Å². The first-order valence-corrected chi connectivity index (χ1v) is 7.69. The fraction of sp³-hybridized carbons (Fsp3) is 0.438. The lowest BCUT2D eigenvalue weighted by molar-refractivity contribution is -0.119. The molecule has 2 aromatic rings. The Labute approximate surface area is 133 Å². The second kappa shape index (κ2) is 5.91. The maximum absolute atomic E-state index is 12.4. The van der Waals surface area contributed by atoms with Crippen LogP contribution in [0.5, 0.6) is 0 Å². The van der Waals surface area contributed by atoms with E-state index in [0.717, 1.165) is 41.9 Å². The second-order valence-corrected chi connectivity index (χ2v) is 5.89. The van der Waals surface area contributed by atoms with Crippen molar-refractivity contribution in [2.24, 2.45) is 0 Å². The first-order chi connectivity index (χ1) is 10.9. The highest BCUT2D eigenvalue weighted by atomic mass is 16.2. The third-order valence-corrected chi connectivity index (χ3v) is 3.95. The standard InChI is InChI=1S/C16H19N5O2/c1-9-7-10(2)18-16(17-9)19-15(23)11(3)21-14(22)8-12-5-4-6-13(12)20-21/h7-8,11H,4-6H2,1-3H3,(H,17,18,19,23). The Morgan fingerprint density at radius 1 is 1.22 bits per heavy atom. The molecule has 0 fully saturated rings. The number of hydrogen-bond donors (Lipinski definition) is 1. The molecule has 1 N–H and O–H groups in total. The quantitative estimate of drug-likeness (QED) is 0.923. The summed E-state index contributed by atoms with van der Waals surface area (Å²) in [5, 5.41) is 7.01. The molecule has 0 aliphatic heterocycles. The number of hydrogen-bond acceptors (Lipinski definition) is 5. The summed E-state index contributed by atoms with van der Waals surface area (Å²) >= 11 is 0. The molecule has 1 amide bonds. The van der Waals surface area contributed by atoms with Gasteiger partial charge in [-0.1, -0.05) is 0 Å². The predicted octanol–water partition coefficient (Wildman–Crippen LogP) is 1.34. The largest absolute Gasteiger partial charge is 0.293 e. The zero-order chi connectivity index (χ0) is 16.6. The lowest BCUT2D eigenvalue weighted by Gasteiger charge is -2.14. The Bertz CT molecular complexity index is 807. The molecular weight excluding hydrogens is 294 g/mol. The third kappa shape index (κ3) is 3.13. The van der Waals surface area contributed by atoms with Crippen LogP contribution in [0.3, 0.4) is 0 Å². The number of carbonyl (C=O) groups excluding carboxylic acids is 1. The van der Waals surface area contributed by atoms with Gasteiger partial charge in [-0.05, 0) is 51.7 Å². The molecule has 0 saturated carbocycles. The smallest absolute Gasteiger partial charge is 0.267 e. The van der Waals surface area contributed by atoms with E-state index < -0.39 is 6.04 Å². The number of anilines is 1. The highest BCUT2D eigenvalue weighted by Gasteiger charge is 2.22. The molecule has 1 unspecified atom stereocenters. The molecule has 2 heterocycles. The normalized spacial score (nSPS) is 14.4. The summed E-state index contributed by atoms with van der Waals surface area (Å²) in [6, 6.07) is 2.69. The molecule has 3 rings (SSSR count). The Balaban J connectivity index is 1.84. The zero-order valence-corrected chi connectivity index (χ0v) is 13.5. The van der Waals surface area contributed by atoms with Gasteiger partial charge in [-0.2, -0.15) is 5.10 Å². The first kappa shape index (κ1) is 15.3. The number of nitrogens with zero attached hydrogens (tertiary/aromatic N) is 4. The summed E-state index contributed by atoms with van der Waals surface area (Å²) in [6.45, 7) is 5.31. The molecule has 0 radical (unpaired) electrons. The first-order valence-electron chi connectivity index (χ1n) is 7.69. The van der Waals surface area contributed by atoms with Crippen molar-refractivity contribution < 1.29 is 4.79 Å². The number of carbonyl (C=O) groups is 1. The highest BCUT2D eigenvalue weighted by molar-refractivity contribution is 5.91. The Morgan fingerprint density at radius 3 is 2.61 bits per heavy atom.